The molecule has 0 aliphatic carbocycles. The monoisotopic (exact) mass is 218 g/mol. The molecule has 2 unspecified atom stereocenters. The lowest BCUT2D eigenvalue weighted by molar-refractivity contribution is -0.120. The fraction of sp³-hybridized carbons (Fsp3) is 0.900. The number of carbonyl (C=O) groups excluding carboxylic acids is 1. The Labute approximate surface area is 90.8 Å². The van der Waals surface area contributed by atoms with Gasteiger partial charge in [0.05, 0.1) is 0 Å². The molecule has 1 aliphatic heterocycles. The number of carbonyl (C=O) groups is 1. The number of hydrogen-bond acceptors (Lipinski definition) is 2. The maximum Gasteiger partial charge on any atom is 0.237 e. The largest absolute Gasteiger partial charge is 0.353 e. The normalized spacial score (nSPS) is 24.9. The molecular formula is C10H19ClN2O. The summed E-state index contributed by atoms with van der Waals surface area (Å²) in [4.78, 5) is 13.6. The van der Waals surface area contributed by atoms with Crippen LogP contribution in [0.1, 0.15) is 26.7 Å². The zero-order valence-corrected chi connectivity index (χ0v) is 9.68. The Balaban J connectivity index is 2.27. The van der Waals surface area contributed by atoms with Crippen LogP contribution in [0.15, 0.2) is 0 Å². The van der Waals surface area contributed by atoms with Crippen LogP contribution in [0.3, 0.4) is 0 Å². The minimum absolute atomic E-state index is 0.0605. The predicted octanol–water partition coefficient (Wildman–Crippen LogP) is 1.21. The van der Waals surface area contributed by atoms with Crippen LogP contribution in [-0.4, -0.2) is 41.9 Å². The second kappa shape index (κ2) is 5.56. The SMILES string of the molecule is CCN1CCCC1CNC(=O)C(C)Cl. The van der Waals surface area contributed by atoms with Crippen LogP contribution in [0.2, 0.25) is 0 Å². The molecule has 1 heterocycles. The molecule has 1 amide bonds. The van der Waals surface area contributed by atoms with Gasteiger partial charge in [-0.1, -0.05) is 6.92 Å². The molecule has 82 valence electrons. The highest BCUT2D eigenvalue weighted by molar-refractivity contribution is 6.30. The summed E-state index contributed by atoms with van der Waals surface area (Å²) in [7, 11) is 0. The summed E-state index contributed by atoms with van der Waals surface area (Å²) in [5.74, 6) is -0.0605. The van der Waals surface area contributed by atoms with E-state index in [0.29, 0.717) is 6.04 Å². The van der Waals surface area contributed by atoms with Gasteiger partial charge in [-0.2, -0.15) is 0 Å². The molecule has 0 aromatic heterocycles. The first-order valence-corrected chi connectivity index (χ1v) is 5.74. The van der Waals surface area contributed by atoms with E-state index in [1.54, 1.807) is 6.92 Å². The van der Waals surface area contributed by atoms with Crippen LogP contribution in [0.25, 0.3) is 0 Å². The van der Waals surface area contributed by atoms with E-state index in [1.165, 1.54) is 12.8 Å². The molecule has 1 rings (SSSR count). The van der Waals surface area contributed by atoms with Gasteiger partial charge in [-0.3, -0.25) is 9.69 Å². The molecule has 0 saturated carbocycles. The summed E-state index contributed by atoms with van der Waals surface area (Å²) in [5.41, 5.74) is 0. The fourth-order valence-electron chi connectivity index (χ4n) is 1.90. The molecule has 2 atom stereocenters. The number of likely N-dealkylation sites (tertiary alicyclic amines) is 1. The Morgan fingerprint density at radius 2 is 2.43 bits per heavy atom. The van der Waals surface area contributed by atoms with Gasteiger partial charge >= 0.3 is 0 Å². The van der Waals surface area contributed by atoms with E-state index < -0.39 is 5.38 Å². The highest BCUT2D eigenvalue weighted by Gasteiger charge is 2.23. The lowest BCUT2D eigenvalue weighted by Gasteiger charge is -2.23. The molecule has 1 saturated heterocycles. The molecule has 0 radical (unpaired) electrons. The number of rotatable bonds is 4. The lowest BCUT2D eigenvalue weighted by Crippen LogP contribution is -2.41. The van der Waals surface area contributed by atoms with Crippen LogP contribution in [0, 0.1) is 0 Å². The molecule has 0 spiro atoms. The van der Waals surface area contributed by atoms with E-state index in [-0.39, 0.29) is 5.91 Å². The van der Waals surface area contributed by atoms with Crippen LogP contribution < -0.4 is 5.32 Å². The first kappa shape index (κ1) is 11.8. The molecule has 0 aromatic rings. The van der Waals surface area contributed by atoms with Crippen molar-refractivity contribution in [2.24, 2.45) is 0 Å². The Bertz CT molecular complexity index is 197. The van der Waals surface area contributed by atoms with E-state index in [4.69, 9.17) is 11.6 Å². The summed E-state index contributed by atoms with van der Waals surface area (Å²) in [6.45, 7) is 6.82. The van der Waals surface area contributed by atoms with Gasteiger partial charge in [0.1, 0.15) is 5.38 Å². The number of alkyl halides is 1. The second-order valence-corrected chi connectivity index (χ2v) is 4.44. The predicted molar refractivity (Wildman–Crippen MR) is 58.6 cm³/mol. The van der Waals surface area contributed by atoms with Crippen molar-refractivity contribution in [1.29, 1.82) is 0 Å². The molecule has 14 heavy (non-hydrogen) atoms. The van der Waals surface area contributed by atoms with Crippen molar-refractivity contribution < 1.29 is 4.79 Å². The Hall–Kier alpha value is -0.280. The van der Waals surface area contributed by atoms with E-state index >= 15 is 0 Å². The van der Waals surface area contributed by atoms with Gasteiger partial charge in [0.2, 0.25) is 5.91 Å². The number of amides is 1. The minimum Gasteiger partial charge on any atom is -0.353 e. The van der Waals surface area contributed by atoms with Crippen molar-refractivity contribution in [3.8, 4) is 0 Å². The summed E-state index contributed by atoms with van der Waals surface area (Å²) in [5, 5.41) is 2.45. The molecule has 1 aliphatic rings. The molecule has 1 N–H and O–H groups in total. The molecule has 0 bridgehead atoms. The van der Waals surface area contributed by atoms with Crippen molar-refractivity contribution in [3.63, 3.8) is 0 Å². The van der Waals surface area contributed by atoms with Gasteiger partial charge in [0, 0.05) is 12.6 Å². The third-order valence-corrected chi connectivity index (χ3v) is 2.98. The minimum atomic E-state index is -0.425. The van der Waals surface area contributed by atoms with Crippen molar-refractivity contribution in [2.45, 2.75) is 38.1 Å². The Kier molecular flexibility index (Phi) is 4.69. The van der Waals surface area contributed by atoms with E-state index in [9.17, 15) is 4.79 Å². The van der Waals surface area contributed by atoms with Crippen molar-refractivity contribution in [3.05, 3.63) is 0 Å². The third-order valence-electron chi connectivity index (χ3n) is 2.78. The highest BCUT2D eigenvalue weighted by Crippen LogP contribution is 2.15. The standard InChI is InChI=1S/C10H19ClN2O/c1-3-13-6-4-5-9(13)7-12-10(14)8(2)11/h8-9H,3-7H2,1-2H3,(H,12,14). The maximum atomic E-state index is 11.2. The van der Waals surface area contributed by atoms with Gasteiger partial charge in [0.15, 0.2) is 0 Å². The Morgan fingerprint density at radius 1 is 1.71 bits per heavy atom. The molecular weight excluding hydrogens is 200 g/mol. The van der Waals surface area contributed by atoms with Crippen LogP contribution in [0.5, 0.6) is 0 Å². The fourth-order valence-corrected chi connectivity index (χ4v) is 1.98. The third kappa shape index (κ3) is 3.14. The smallest absolute Gasteiger partial charge is 0.237 e. The van der Waals surface area contributed by atoms with Gasteiger partial charge in [-0.25, -0.2) is 0 Å². The number of likely N-dealkylation sites (N-methyl/N-ethyl adjacent to an activating group) is 1. The van der Waals surface area contributed by atoms with Crippen molar-refractivity contribution in [1.82, 2.24) is 10.2 Å². The van der Waals surface area contributed by atoms with Crippen molar-refractivity contribution >= 4 is 17.5 Å². The molecule has 4 heteroatoms. The Morgan fingerprint density at radius 3 is 3.00 bits per heavy atom. The topological polar surface area (TPSA) is 32.3 Å². The molecule has 1 fully saturated rings. The first-order valence-electron chi connectivity index (χ1n) is 5.31. The van der Waals surface area contributed by atoms with Crippen LogP contribution in [-0.2, 0) is 4.79 Å². The lowest BCUT2D eigenvalue weighted by atomic mass is 10.2. The van der Waals surface area contributed by atoms with Gasteiger partial charge in [-0.15, -0.1) is 11.6 Å². The van der Waals surface area contributed by atoms with E-state index in [0.717, 1.165) is 19.6 Å². The van der Waals surface area contributed by atoms with Gasteiger partial charge < -0.3 is 5.32 Å². The van der Waals surface area contributed by atoms with Crippen LogP contribution >= 0.6 is 11.6 Å². The van der Waals surface area contributed by atoms with Gasteiger partial charge in [-0.05, 0) is 32.9 Å². The molecule has 3 nitrogen and oxygen atoms in total. The average molecular weight is 219 g/mol. The number of nitrogens with zero attached hydrogens (tertiary/aromatic N) is 1. The van der Waals surface area contributed by atoms with Crippen molar-refractivity contribution in [2.75, 3.05) is 19.6 Å². The first-order chi connectivity index (χ1) is 6.65. The molecule has 0 aromatic carbocycles. The maximum absolute atomic E-state index is 11.2. The van der Waals surface area contributed by atoms with Gasteiger partial charge in [0.25, 0.3) is 0 Å². The highest BCUT2D eigenvalue weighted by atomic mass is 35.5. The summed E-state index contributed by atoms with van der Waals surface area (Å²) < 4.78 is 0. The number of nitrogens with one attached hydrogen (secondary N) is 1. The second-order valence-electron chi connectivity index (χ2n) is 3.79. The summed E-state index contributed by atoms with van der Waals surface area (Å²) >= 11 is 5.66. The number of halogens is 1. The summed E-state index contributed by atoms with van der Waals surface area (Å²) in [6.07, 6.45) is 2.43. The zero-order chi connectivity index (χ0) is 10.6. The van der Waals surface area contributed by atoms with E-state index in [1.807, 2.05) is 0 Å². The van der Waals surface area contributed by atoms with Crippen LogP contribution in [0.4, 0.5) is 0 Å². The summed E-state index contributed by atoms with van der Waals surface area (Å²) in [6, 6.07) is 0.513. The quantitative estimate of drug-likeness (QED) is 0.720. The number of hydrogen-bond donors (Lipinski definition) is 1. The average Bonchev–Trinajstić information content (AvgIpc) is 2.60. The zero-order valence-electron chi connectivity index (χ0n) is 8.92. The van der Waals surface area contributed by atoms with E-state index in [2.05, 4.69) is 17.1 Å².